The van der Waals surface area contributed by atoms with E-state index in [-0.39, 0.29) is 11.2 Å². The molecule has 0 radical (unpaired) electrons. The molecule has 0 saturated heterocycles. The van der Waals surface area contributed by atoms with Crippen LogP contribution in [0.25, 0.3) is 0 Å². The molecule has 134 valence electrons. The van der Waals surface area contributed by atoms with E-state index in [1.165, 1.54) is 0 Å². The van der Waals surface area contributed by atoms with Gasteiger partial charge in [0.1, 0.15) is 18.1 Å². The van der Waals surface area contributed by atoms with Gasteiger partial charge < -0.3 is 9.84 Å². The number of aromatic hydroxyl groups is 1. The molecule has 2 rings (SSSR count). The number of ether oxygens (including phenoxy) is 1. The van der Waals surface area contributed by atoms with Gasteiger partial charge in [-0.1, -0.05) is 20.4 Å². The molecule has 0 heterocycles. The zero-order valence-electron chi connectivity index (χ0n) is 14.1. The molecule has 0 atom stereocenters. The minimum absolute atomic E-state index is 0.199. The summed E-state index contributed by atoms with van der Waals surface area (Å²) in [6.45, 7) is 10.5. The zero-order chi connectivity index (χ0) is 18.9. The number of phenols is 1. The lowest BCUT2D eigenvalue weighted by atomic mass is 9.78. The van der Waals surface area contributed by atoms with Crippen molar-refractivity contribution in [2.45, 2.75) is 26.2 Å². The Balaban J connectivity index is 2.48. The highest BCUT2D eigenvalue weighted by molar-refractivity contribution is 9.11. The molecule has 0 amide bonds. The van der Waals surface area contributed by atoms with E-state index in [1.807, 2.05) is 19.1 Å². The summed E-state index contributed by atoms with van der Waals surface area (Å²) in [6, 6.07) is 8.00. The molecule has 2 aromatic rings. The van der Waals surface area contributed by atoms with Gasteiger partial charge in [0, 0.05) is 5.41 Å². The molecule has 0 aliphatic heterocycles. The van der Waals surface area contributed by atoms with Crippen molar-refractivity contribution >= 4 is 63.7 Å². The zero-order valence-corrected chi connectivity index (χ0v) is 20.4. The first-order chi connectivity index (χ1) is 11.5. The Hall–Kier alpha value is -0.300. The smallest absolute Gasteiger partial charge is 0.148 e. The van der Waals surface area contributed by atoms with Crippen molar-refractivity contribution in [1.29, 1.82) is 0 Å². The van der Waals surface area contributed by atoms with Crippen molar-refractivity contribution in [3.8, 4) is 11.5 Å². The van der Waals surface area contributed by atoms with E-state index in [0.717, 1.165) is 31.4 Å². The Morgan fingerprint density at radius 2 is 1.36 bits per heavy atom. The second-order valence-corrected chi connectivity index (χ2v) is 9.85. The molecular weight excluding hydrogens is 580 g/mol. The fourth-order valence-corrected chi connectivity index (χ4v) is 4.95. The maximum absolute atomic E-state index is 9.96. The molecule has 2 nitrogen and oxygen atoms in total. The average Bonchev–Trinajstić information content (AvgIpc) is 2.50. The van der Waals surface area contributed by atoms with Crippen molar-refractivity contribution < 1.29 is 9.84 Å². The lowest BCUT2D eigenvalue weighted by molar-refractivity contribution is 0.348. The maximum Gasteiger partial charge on any atom is 0.148 e. The summed E-state index contributed by atoms with van der Waals surface area (Å²) in [4.78, 5) is 0. The van der Waals surface area contributed by atoms with Crippen LogP contribution in [-0.2, 0) is 5.41 Å². The molecule has 0 aliphatic rings. The first kappa shape index (κ1) is 21.0. The first-order valence-electron chi connectivity index (χ1n) is 7.49. The molecule has 2 aromatic carbocycles. The number of halogens is 4. The Morgan fingerprint density at radius 1 is 0.960 bits per heavy atom. The molecule has 6 heteroatoms. The van der Waals surface area contributed by atoms with Crippen LogP contribution in [0.3, 0.4) is 0 Å². The van der Waals surface area contributed by atoms with Gasteiger partial charge in [0.15, 0.2) is 0 Å². The van der Waals surface area contributed by atoms with Crippen LogP contribution in [0.15, 0.2) is 54.3 Å². The van der Waals surface area contributed by atoms with Gasteiger partial charge in [0.2, 0.25) is 0 Å². The van der Waals surface area contributed by atoms with Crippen molar-refractivity contribution in [2.24, 2.45) is 0 Å². The fourth-order valence-electron chi connectivity index (χ4n) is 2.35. The van der Waals surface area contributed by atoms with Gasteiger partial charge in [-0.05, 0) is 112 Å². The molecule has 0 aromatic heterocycles. The van der Waals surface area contributed by atoms with Crippen molar-refractivity contribution in [3.05, 3.63) is 65.4 Å². The van der Waals surface area contributed by atoms with Crippen LogP contribution in [-0.4, -0.2) is 11.7 Å². The number of hydrogen-bond donors (Lipinski definition) is 1. The summed E-state index contributed by atoms with van der Waals surface area (Å²) in [5.74, 6) is 0.959. The molecule has 0 saturated carbocycles. The first-order valence-corrected chi connectivity index (χ1v) is 10.7. The Kier molecular flexibility index (Phi) is 6.85. The standard InChI is InChI=1S/C19H18Br4O2/c1-10(2)9-25-18-15(22)7-12(8-16(18)23)19(3,4)11-5-13(20)17(24)14(21)6-11/h5-8,24H,1,9H2,2-4H3. The quantitative estimate of drug-likeness (QED) is 0.358. The lowest BCUT2D eigenvalue weighted by Crippen LogP contribution is -2.19. The van der Waals surface area contributed by atoms with Crippen LogP contribution < -0.4 is 4.74 Å². The normalized spacial score (nSPS) is 11.5. The predicted octanol–water partition coefficient (Wildman–Crippen LogP) is 7.72. The number of hydrogen-bond acceptors (Lipinski definition) is 2. The number of rotatable bonds is 5. The molecule has 0 aliphatic carbocycles. The summed E-state index contributed by atoms with van der Waals surface area (Å²) < 4.78 is 8.88. The van der Waals surface area contributed by atoms with E-state index in [1.54, 1.807) is 0 Å². The summed E-state index contributed by atoms with van der Waals surface area (Å²) in [5.41, 5.74) is 2.86. The third-order valence-electron chi connectivity index (χ3n) is 3.92. The minimum Gasteiger partial charge on any atom is -0.506 e. The topological polar surface area (TPSA) is 29.5 Å². The van der Waals surface area contributed by atoms with Gasteiger partial charge in [0.05, 0.1) is 17.9 Å². The summed E-state index contributed by atoms with van der Waals surface area (Å²) in [6.07, 6.45) is 0. The third-order valence-corrected chi connectivity index (χ3v) is 6.31. The third kappa shape index (κ3) is 4.71. The van der Waals surface area contributed by atoms with Crippen molar-refractivity contribution in [2.75, 3.05) is 6.61 Å². The predicted molar refractivity (Wildman–Crippen MR) is 118 cm³/mol. The van der Waals surface area contributed by atoms with E-state index in [4.69, 9.17) is 4.74 Å². The molecule has 0 bridgehead atoms. The van der Waals surface area contributed by atoms with Gasteiger partial charge in [0.25, 0.3) is 0 Å². The van der Waals surface area contributed by atoms with Crippen molar-refractivity contribution in [1.82, 2.24) is 0 Å². The van der Waals surface area contributed by atoms with Crippen LogP contribution in [0.2, 0.25) is 0 Å². The monoisotopic (exact) mass is 594 g/mol. The van der Waals surface area contributed by atoms with Gasteiger partial charge in [-0.3, -0.25) is 0 Å². The summed E-state index contributed by atoms with van der Waals surface area (Å²) in [5, 5.41) is 9.96. The average molecular weight is 598 g/mol. The SMILES string of the molecule is C=C(C)COc1c(Br)cc(C(C)(C)c2cc(Br)c(O)c(Br)c2)cc1Br. The highest BCUT2D eigenvalue weighted by Gasteiger charge is 2.27. The molecule has 0 unspecified atom stereocenters. The van der Waals surface area contributed by atoms with Gasteiger partial charge >= 0.3 is 0 Å². The largest absolute Gasteiger partial charge is 0.506 e. The second kappa shape index (κ2) is 8.15. The van der Waals surface area contributed by atoms with Crippen LogP contribution >= 0.6 is 63.7 Å². The fraction of sp³-hybridized carbons (Fsp3) is 0.263. The van der Waals surface area contributed by atoms with Gasteiger partial charge in [-0.25, -0.2) is 0 Å². The second-order valence-electron chi connectivity index (χ2n) is 6.43. The Labute approximate surface area is 182 Å². The van der Waals surface area contributed by atoms with E-state index >= 15 is 0 Å². The van der Waals surface area contributed by atoms with Gasteiger partial charge in [-0.2, -0.15) is 0 Å². The van der Waals surface area contributed by atoms with Crippen molar-refractivity contribution in [3.63, 3.8) is 0 Å². The molecular formula is C19H18Br4O2. The Morgan fingerprint density at radius 3 is 1.76 bits per heavy atom. The van der Waals surface area contributed by atoms with E-state index in [0.29, 0.717) is 15.6 Å². The molecule has 1 N–H and O–H groups in total. The highest BCUT2D eigenvalue weighted by Crippen LogP contribution is 2.43. The number of benzene rings is 2. The molecule has 25 heavy (non-hydrogen) atoms. The van der Waals surface area contributed by atoms with Crippen LogP contribution in [0.4, 0.5) is 0 Å². The van der Waals surface area contributed by atoms with Gasteiger partial charge in [-0.15, -0.1) is 0 Å². The minimum atomic E-state index is -0.281. The molecule has 0 fully saturated rings. The van der Waals surface area contributed by atoms with E-state index < -0.39 is 0 Å². The maximum atomic E-state index is 9.96. The summed E-state index contributed by atoms with van der Waals surface area (Å²) in [7, 11) is 0. The highest BCUT2D eigenvalue weighted by atomic mass is 79.9. The molecule has 0 spiro atoms. The summed E-state index contributed by atoms with van der Waals surface area (Å²) >= 11 is 14.0. The number of phenolic OH excluding ortho intramolecular Hbond substituents is 1. The van der Waals surface area contributed by atoms with Crippen LogP contribution in [0, 0.1) is 0 Å². The van der Waals surface area contributed by atoms with E-state index in [2.05, 4.69) is 96.3 Å². The van der Waals surface area contributed by atoms with Crippen LogP contribution in [0.5, 0.6) is 11.5 Å². The lowest BCUT2D eigenvalue weighted by Gasteiger charge is -2.28. The van der Waals surface area contributed by atoms with E-state index in [9.17, 15) is 5.11 Å². The van der Waals surface area contributed by atoms with Crippen LogP contribution in [0.1, 0.15) is 31.9 Å². The Bertz CT molecular complexity index is 782.